The van der Waals surface area contributed by atoms with E-state index in [1.165, 1.54) is 13.8 Å². The molecule has 0 aromatic heterocycles. The number of hydrogen-bond acceptors (Lipinski definition) is 5. The van der Waals surface area contributed by atoms with E-state index in [-0.39, 0.29) is 18.2 Å². The average molecular weight is 443 g/mol. The number of aliphatic hydroxyl groups is 1. The van der Waals surface area contributed by atoms with Crippen LogP contribution in [0.15, 0.2) is 46.5 Å². The van der Waals surface area contributed by atoms with Gasteiger partial charge in [-0.3, -0.25) is 19.9 Å². The Bertz CT molecular complexity index is 918. The Balaban J connectivity index is 3.32. The van der Waals surface area contributed by atoms with Gasteiger partial charge in [-0.1, -0.05) is 39.0 Å². The molecule has 0 bridgehead atoms. The topological polar surface area (TPSA) is 99.0 Å². The minimum absolute atomic E-state index is 0.108. The lowest BCUT2D eigenvalue weighted by molar-refractivity contribution is -0.145. The number of Topliss-reactive ketones (excluding diaryl/α,β-unsaturated/α-hetero) is 1. The SMILES string of the molecule is C/C=C(\C=C(\C)C(=O)CC)C(=N/c1cc(CNC(C(=O)O)C(C)(C)O)ccc1C)/C(C)C. The Labute approximate surface area is 192 Å². The van der Waals surface area contributed by atoms with Gasteiger partial charge < -0.3 is 10.2 Å². The normalized spacial score (nSPS) is 14.6. The highest BCUT2D eigenvalue weighted by molar-refractivity contribution is 6.07. The predicted molar refractivity (Wildman–Crippen MR) is 130 cm³/mol. The molecule has 0 saturated carbocycles. The summed E-state index contributed by atoms with van der Waals surface area (Å²) in [4.78, 5) is 28.5. The van der Waals surface area contributed by atoms with Gasteiger partial charge in [-0.2, -0.15) is 0 Å². The van der Waals surface area contributed by atoms with Crippen molar-refractivity contribution in [3.05, 3.63) is 52.6 Å². The number of aliphatic imine (C=N–C) groups is 1. The minimum atomic E-state index is -1.40. The van der Waals surface area contributed by atoms with Gasteiger partial charge in [-0.25, -0.2) is 0 Å². The largest absolute Gasteiger partial charge is 0.480 e. The smallest absolute Gasteiger partial charge is 0.323 e. The van der Waals surface area contributed by atoms with Crippen LogP contribution in [0.3, 0.4) is 0 Å². The maximum atomic E-state index is 12.1. The lowest BCUT2D eigenvalue weighted by atomic mass is 9.96. The molecule has 0 saturated heterocycles. The number of aliphatic carboxylic acids is 1. The zero-order chi connectivity index (χ0) is 24.6. The van der Waals surface area contributed by atoms with Gasteiger partial charge in [0.2, 0.25) is 0 Å². The van der Waals surface area contributed by atoms with Crippen molar-refractivity contribution in [3.63, 3.8) is 0 Å². The van der Waals surface area contributed by atoms with Crippen LogP contribution in [0.5, 0.6) is 0 Å². The van der Waals surface area contributed by atoms with Crippen molar-refractivity contribution in [2.75, 3.05) is 0 Å². The molecule has 1 aromatic rings. The summed E-state index contributed by atoms with van der Waals surface area (Å²) in [5, 5.41) is 22.4. The fourth-order valence-electron chi connectivity index (χ4n) is 3.30. The number of allylic oxidation sites excluding steroid dienone is 4. The predicted octanol–water partition coefficient (Wildman–Crippen LogP) is 4.91. The second-order valence-corrected chi connectivity index (χ2v) is 8.93. The number of carbonyl (C=O) groups is 2. The molecule has 0 radical (unpaired) electrons. The van der Waals surface area contributed by atoms with Crippen LogP contribution < -0.4 is 5.32 Å². The van der Waals surface area contributed by atoms with Gasteiger partial charge in [0, 0.05) is 13.0 Å². The van der Waals surface area contributed by atoms with Crippen LogP contribution in [0.2, 0.25) is 0 Å². The molecule has 0 aliphatic heterocycles. The molecule has 0 amide bonds. The summed E-state index contributed by atoms with van der Waals surface area (Å²) in [6, 6.07) is 4.70. The first kappa shape index (κ1) is 27.5. The van der Waals surface area contributed by atoms with Crippen LogP contribution in [0.4, 0.5) is 5.69 Å². The molecule has 0 heterocycles. The molecular weight excluding hydrogens is 404 g/mol. The van der Waals surface area contributed by atoms with Gasteiger partial charge in [0.15, 0.2) is 5.78 Å². The van der Waals surface area contributed by atoms with Crippen molar-refractivity contribution in [2.24, 2.45) is 10.9 Å². The Hall–Kier alpha value is -2.57. The van der Waals surface area contributed by atoms with E-state index >= 15 is 0 Å². The maximum absolute atomic E-state index is 12.1. The van der Waals surface area contributed by atoms with Crippen LogP contribution in [0.1, 0.15) is 66.0 Å². The average Bonchev–Trinajstić information content (AvgIpc) is 2.70. The Morgan fingerprint density at radius 2 is 1.88 bits per heavy atom. The summed E-state index contributed by atoms with van der Waals surface area (Å²) >= 11 is 0. The van der Waals surface area contributed by atoms with Gasteiger partial charge >= 0.3 is 5.97 Å². The number of ketones is 1. The second-order valence-electron chi connectivity index (χ2n) is 8.93. The van der Waals surface area contributed by atoms with E-state index in [1.54, 1.807) is 0 Å². The number of carbonyl (C=O) groups excluding carboxylic acids is 1. The van der Waals surface area contributed by atoms with Crippen molar-refractivity contribution in [1.29, 1.82) is 0 Å². The molecule has 6 heteroatoms. The molecule has 0 spiro atoms. The lowest BCUT2D eigenvalue weighted by Crippen LogP contribution is -2.51. The number of hydrogen-bond donors (Lipinski definition) is 3. The third-order valence-corrected chi connectivity index (χ3v) is 5.26. The molecule has 1 aromatic carbocycles. The van der Waals surface area contributed by atoms with Crippen molar-refractivity contribution in [3.8, 4) is 0 Å². The summed E-state index contributed by atoms with van der Waals surface area (Å²) in [6.07, 6.45) is 4.32. The zero-order valence-corrected chi connectivity index (χ0v) is 20.6. The van der Waals surface area contributed by atoms with Crippen molar-refractivity contribution < 1.29 is 19.8 Å². The van der Waals surface area contributed by atoms with E-state index in [1.807, 2.05) is 58.0 Å². The van der Waals surface area contributed by atoms with Crippen LogP contribution in [0, 0.1) is 12.8 Å². The van der Waals surface area contributed by atoms with E-state index < -0.39 is 17.6 Å². The van der Waals surface area contributed by atoms with Crippen LogP contribution in [0.25, 0.3) is 0 Å². The highest BCUT2D eigenvalue weighted by Gasteiger charge is 2.32. The molecule has 1 unspecified atom stereocenters. The molecule has 3 N–H and O–H groups in total. The number of carboxylic acid groups (broad SMARTS) is 1. The third kappa shape index (κ3) is 7.84. The molecule has 0 aliphatic carbocycles. The molecule has 32 heavy (non-hydrogen) atoms. The second kappa shape index (κ2) is 11.9. The maximum Gasteiger partial charge on any atom is 0.323 e. The molecular formula is C26H38N2O4. The van der Waals surface area contributed by atoms with E-state index in [0.29, 0.717) is 12.0 Å². The molecule has 1 rings (SSSR count). The number of aryl methyl sites for hydroxylation is 1. The first-order valence-corrected chi connectivity index (χ1v) is 11.1. The summed E-state index contributed by atoms with van der Waals surface area (Å²) in [7, 11) is 0. The Morgan fingerprint density at radius 3 is 2.34 bits per heavy atom. The van der Waals surface area contributed by atoms with Gasteiger partial charge in [0.1, 0.15) is 6.04 Å². The molecule has 6 nitrogen and oxygen atoms in total. The Kier molecular flexibility index (Phi) is 10.2. The number of nitrogens with one attached hydrogen (secondary N) is 1. The van der Waals surface area contributed by atoms with Gasteiger partial charge in [0.25, 0.3) is 0 Å². The van der Waals surface area contributed by atoms with E-state index in [4.69, 9.17) is 4.99 Å². The summed E-state index contributed by atoms with van der Waals surface area (Å²) < 4.78 is 0. The molecule has 176 valence electrons. The number of rotatable bonds is 11. The Morgan fingerprint density at radius 1 is 1.25 bits per heavy atom. The first-order valence-electron chi connectivity index (χ1n) is 11.1. The highest BCUT2D eigenvalue weighted by atomic mass is 16.4. The third-order valence-electron chi connectivity index (χ3n) is 5.26. The number of nitrogens with zero attached hydrogens (tertiary/aromatic N) is 1. The standard InChI is InChI=1S/C26H38N2O4/c1-9-20(13-18(6)22(29)10-2)23(16(3)4)28-21-14-19(12-11-17(21)5)15-27-24(25(30)31)26(7,8)32/h9,11-14,16,24,27,32H,10,15H2,1-8H3,(H,30,31)/b18-13-,20-9+,28-23+. The fourth-order valence-corrected chi connectivity index (χ4v) is 3.30. The van der Waals surface area contributed by atoms with Crippen LogP contribution >= 0.6 is 0 Å². The quantitative estimate of drug-likeness (QED) is 0.257. The zero-order valence-electron chi connectivity index (χ0n) is 20.6. The van der Waals surface area contributed by atoms with Gasteiger partial charge in [-0.05, 0) is 75.0 Å². The molecule has 0 aliphatic rings. The fraction of sp³-hybridized carbons (Fsp3) is 0.500. The number of benzene rings is 1. The monoisotopic (exact) mass is 442 g/mol. The summed E-state index contributed by atoms with van der Waals surface area (Å²) in [5.74, 6) is -0.863. The van der Waals surface area contributed by atoms with E-state index in [9.17, 15) is 19.8 Å². The molecule has 1 atom stereocenters. The first-order chi connectivity index (χ1) is 14.8. The van der Waals surface area contributed by atoms with Crippen molar-refractivity contribution in [2.45, 2.75) is 80.0 Å². The van der Waals surface area contributed by atoms with Crippen LogP contribution in [-0.2, 0) is 16.1 Å². The molecule has 0 fully saturated rings. The van der Waals surface area contributed by atoms with Crippen LogP contribution in [-0.4, -0.2) is 39.3 Å². The lowest BCUT2D eigenvalue weighted by Gasteiger charge is -2.26. The van der Waals surface area contributed by atoms with Crippen molar-refractivity contribution in [1.82, 2.24) is 5.32 Å². The van der Waals surface area contributed by atoms with Crippen molar-refractivity contribution >= 4 is 23.2 Å². The van der Waals surface area contributed by atoms with Gasteiger partial charge in [0.05, 0.1) is 17.0 Å². The number of carboxylic acids is 1. The highest BCUT2D eigenvalue weighted by Crippen LogP contribution is 2.25. The van der Waals surface area contributed by atoms with Gasteiger partial charge in [-0.15, -0.1) is 0 Å². The summed E-state index contributed by atoms with van der Waals surface area (Å²) in [6.45, 7) is 14.9. The van der Waals surface area contributed by atoms with E-state index in [2.05, 4.69) is 19.2 Å². The minimum Gasteiger partial charge on any atom is -0.480 e. The van der Waals surface area contributed by atoms with E-state index in [0.717, 1.165) is 28.1 Å². The summed E-state index contributed by atoms with van der Waals surface area (Å²) in [5.41, 5.74) is 3.74.